The Kier molecular flexibility index (Phi) is 6.12. The number of benzene rings is 1. The van der Waals surface area contributed by atoms with Crippen molar-refractivity contribution < 1.29 is 0 Å². The van der Waals surface area contributed by atoms with E-state index in [0.717, 1.165) is 43.1 Å². The van der Waals surface area contributed by atoms with Crippen molar-refractivity contribution in [2.45, 2.75) is 32.4 Å². The van der Waals surface area contributed by atoms with Gasteiger partial charge in [-0.15, -0.1) is 11.3 Å². The van der Waals surface area contributed by atoms with Gasteiger partial charge < -0.3 is 15.5 Å². The van der Waals surface area contributed by atoms with Crippen LogP contribution in [0.5, 0.6) is 0 Å². The Morgan fingerprint density at radius 2 is 2.08 bits per heavy atom. The Bertz CT molecular complexity index is 763. The Labute approximate surface area is 160 Å². The van der Waals surface area contributed by atoms with Crippen molar-refractivity contribution in [3.8, 4) is 10.4 Å². The van der Waals surface area contributed by atoms with Gasteiger partial charge in [-0.05, 0) is 37.9 Å². The lowest BCUT2D eigenvalue weighted by atomic mass is 10.1. The van der Waals surface area contributed by atoms with Gasteiger partial charge in [0.15, 0.2) is 0 Å². The maximum Gasteiger partial charge on any atom is 0.0801 e. The van der Waals surface area contributed by atoms with Gasteiger partial charge in [0.25, 0.3) is 0 Å². The van der Waals surface area contributed by atoms with E-state index >= 15 is 0 Å². The third kappa shape index (κ3) is 4.17. The van der Waals surface area contributed by atoms with Gasteiger partial charge >= 0.3 is 0 Å². The zero-order valence-electron chi connectivity index (χ0n) is 15.7. The van der Waals surface area contributed by atoms with E-state index < -0.39 is 0 Å². The molecular weight excluding hydrogens is 340 g/mol. The number of nitrogens with zero attached hydrogens (tertiary/aromatic N) is 2. The first-order chi connectivity index (χ1) is 12.6. The van der Waals surface area contributed by atoms with Gasteiger partial charge in [-0.2, -0.15) is 0 Å². The minimum absolute atomic E-state index is 0.343. The molecule has 0 radical (unpaired) electrons. The third-order valence-corrected chi connectivity index (χ3v) is 5.90. The molecule has 1 atom stereocenters. The fourth-order valence-corrected chi connectivity index (χ4v) is 4.31. The summed E-state index contributed by atoms with van der Waals surface area (Å²) in [4.78, 5) is 7.96. The zero-order chi connectivity index (χ0) is 18.5. The average molecular weight is 369 g/mol. The lowest BCUT2D eigenvalue weighted by Crippen LogP contribution is -2.37. The summed E-state index contributed by atoms with van der Waals surface area (Å²) in [5.41, 5.74) is 7.72. The number of thiazole rings is 1. The predicted octanol–water partition coefficient (Wildman–Crippen LogP) is 3.92. The van der Waals surface area contributed by atoms with Crippen LogP contribution in [-0.2, 0) is 6.54 Å². The van der Waals surface area contributed by atoms with Crippen LogP contribution in [0.2, 0.25) is 0 Å². The molecule has 2 heterocycles. The maximum atomic E-state index is 4.33. The van der Waals surface area contributed by atoms with Crippen LogP contribution in [0, 0.1) is 6.92 Å². The summed E-state index contributed by atoms with van der Waals surface area (Å²) in [6.45, 7) is 13.2. The van der Waals surface area contributed by atoms with E-state index in [1.807, 2.05) is 12.6 Å². The summed E-state index contributed by atoms with van der Waals surface area (Å²) < 4.78 is 0. The molecule has 3 rings (SSSR count). The molecule has 0 spiro atoms. The van der Waals surface area contributed by atoms with Gasteiger partial charge in [-0.25, -0.2) is 4.98 Å². The molecule has 0 amide bonds. The van der Waals surface area contributed by atoms with Crippen LogP contribution < -0.4 is 10.6 Å². The Morgan fingerprint density at radius 3 is 2.73 bits per heavy atom. The Balaban J connectivity index is 1.57. The molecule has 1 fully saturated rings. The van der Waals surface area contributed by atoms with E-state index in [0.29, 0.717) is 6.04 Å². The first-order valence-electron chi connectivity index (χ1n) is 9.11. The molecular formula is C21H28N4S. The Hall–Kier alpha value is -2.11. The SMILES string of the molecule is C=C(NCc1ccc(-c2scnc2C)cc1)C1CCCN1C(=C)CNC. The molecule has 26 heavy (non-hydrogen) atoms. The van der Waals surface area contributed by atoms with Crippen molar-refractivity contribution in [1.82, 2.24) is 20.5 Å². The highest BCUT2D eigenvalue weighted by molar-refractivity contribution is 7.13. The molecule has 1 aromatic heterocycles. The monoisotopic (exact) mass is 368 g/mol. The minimum atomic E-state index is 0.343. The second kappa shape index (κ2) is 8.52. The third-order valence-electron chi connectivity index (χ3n) is 4.92. The highest BCUT2D eigenvalue weighted by atomic mass is 32.1. The van der Waals surface area contributed by atoms with Crippen LogP contribution >= 0.6 is 11.3 Å². The van der Waals surface area contributed by atoms with Crippen LogP contribution in [0.15, 0.2) is 54.3 Å². The van der Waals surface area contributed by atoms with E-state index in [1.165, 1.54) is 22.4 Å². The van der Waals surface area contributed by atoms with E-state index in [9.17, 15) is 0 Å². The Morgan fingerprint density at radius 1 is 1.31 bits per heavy atom. The molecule has 1 aromatic carbocycles. The molecule has 0 aliphatic carbocycles. The van der Waals surface area contributed by atoms with Crippen molar-refractivity contribution >= 4 is 11.3 Å². The highest BCUT2D eigenvalue weighted by Gasteiger charge is 2.27. The number of hydrogen-bond acceptors (Lipinski definition) is 5. The van der Waals surface area contributed by atoms with E-state index in [4.69, 9.17) is 0 Å². The number of rotatable bonds is 8. The van der Waals surface area contributed by atoms with Crippen LogP contribution in [-0.4, -0.2) is 36.1 Å². The number of aromatic nitrogens is 1. The molecule has 1 saturated heterocycles. The maximum absolute atomic E-state index is 4.33. The number of hydrogen-bond donors (Lipinski definition) is 2. The second-order valence-electron chi connectivity index (χ2n) is 6.79. The molecule has 138 valence electrons. The van der Waals surface area contributed by atoms with Gasteiger partial charge in [0.1, 0.15) is 0 Å². The molecule has 1 aliphatic rings. The molecule has 2 aromatic rings. The summed E-state index contributed by atoms with van der Waals surface area (Å²) in [6.07, 6.45) is 2.33. The first kappa shape index (κ1) is 18.7. The van der Waals surface area contributed by atoms with E-state index in [2.05, 4.69) is 64.9 Å². The van der Waals surface area contributed by atoms with Crippen molar-refractivity contribution in [3.63, 3.8) is 0 Å². The smallest absolute Gasteiger partial charge is 0.0801 e. The molecule has 4 nitrogen and oxygen atoms in total. The standard InChI is InChI=1S/C21H28N4S/c1-15(12-22-4)25-11-5-6-20(25)16(2)23-13-18-7-9-19(10-8-18)21-17(3)24-14-26-21/h7-10,14,20,22-23H,1-2,5-6,11-13H2,3-4H3. The van der Waals surface area contributed by atoms with Crippen molar-refractivity contribution in [2.75, 3.05) is 20.1 Å². The van der Waals surface area contributed by atoms with Crippen LogP contribution in [0.25, 0.3) is 10.4 Å². The molecule has 5 heteroatoms. The predicted molar refractivity (Wildman–Crippen MR) is 111 cm³/mol. The zero-order valence-corrected chi connectivity index (χ0v) is 16.5. The van der Waals surface area contributed by atoms with Gasteiger partial charge in [0, 0.05) is 31.0 Å². The summed E-state index contributed by atoms with van der Waals surface area (Å²) in [6, 6.07) is 9.06. The summed E-state index contributed by atoms with van der Waals surface area (Å²) in [5, 5.41) is 6.71. The van der Waals surface area contributed by atoms with Crippen molar-refractivity contribution in [3.05, 3.63) is 65.6 Å². The molecule has 0 bridgehead atoms. The van der Waals surface area contributed by atoms with Crippen molar-refractivity contribution in [2.24, 2.45) is 0 Å². The van der Waals surface area contributed by atoms with Crippen molar-refractivity contribution in [1.29, 1.82) is 0 Å². The average Bonchev–Trinajstić information content (AvgIpc) is 3.29. The fourth-order valence-electron chi connectivity index (χ4n) is 3.50. The number of likely N-dealkylation sites (tertiary alicyclic amines) is 1. The van der Waals surface area contributed by atoms with Gasteiger partial charge in [-0.1, -0.05) is 37.4 Å². The fraction of sp³-hybridized carbons (Fsp3) is 0.381. The van der Waals surface area contributed by atoms with Crippen LogP contribution in [0.1, 0.15) is 24.1 Å². The van der Waals surface area contributed by atoms with Crippen LogP contribution in [0.4, 0.5) is 0 Å². The van der Waals surface area contributed by atoms with Crippen LogP contribution in [0.3, 0.4) is 0 Å². The largest absolute Gasteiger partial charge is 0.383 e. The summed E-state index contributed by atoms with van der Waals surface area (Å²) in [5.74, 6) is 0. The summed E-state index contributed by atoms with van der Waals surface area (Å²) >= 11 is 1.69. The minimum Gasteiger partial charge on any atom is -0.383 e. The number of nitrogens with one attached hydrogen (secondary N) is 2. The number of likely N-dealkylation sites (N-methyl/N-ethyl adjacent to an activating group) is 1. The highest BCUT2D eigenvalue weighted by Crippen LogP contribution is 2.28. The number of aryl methyl sites for hydroxylation is 1. The molecule has 1 unspecified atom stereocenters. The molecule has 0 saturated carbocycles. The van der Waals surface area contributed by atoms with Gasteiger partial charge in [0.2, 0.25) is 0 Å². The molecule has 1 aliphatic heterocycles. The lowest BCUT2D eigenvalue weighted by Gasteiger charge is -2.30. The second-order valence-corrected chi connectivity index (χ2v) is 7.65. The quantitative estimate of drug-likeness (QED) is 0.741. The summed E-state index contributed by atoms with van der Waals surface area (Å²) in [7, 11) is 1.96. The van der Waals surface area contributed by atoms with Gasteiger partial charge in [-0.3, -0.25) is 0 Å². The van der Waals surface area contributed by atoms with Gasteiger partial charge in [0.05, 0.1) is 22.1 Å². The first-order valence-corrected chi connectivity index (χ1v) is 9.99. The lowest BCUT2D eigenvalue weighted by molar-refractivity contribution is 0.336. The molecule has 2 N–H and O–H groups in total. The topological polar surface area (TPSA) is 40.2 Å². The normalized spacial score (nSPS) is 16.7. The van der Waals surface area contributed by atoms with E-state index in [1.54, 1.807) is 11.3 Å². The van der Waals surface area contributed by atoms with E-state index in [-0.39, 0.29) is 0 Å².